The second kappa shape index (κ2) is 4.90. The fraction of sp³-hybridized carbons (Fsp3) is 0.250. The minimum atomic E-state index is -1.64. The minimum absolute atomic E-state index is 0.487. The largest absolute Gasteiger partial charge is 0.548 e. The lowest BCUT2D eigenvalue weighted by Crippen LogP contribution is -1.97. The van der Waals surface area contributed by atoms with Gasteiger partial charge in [0.25, 0.3) is 0 Å². The Labute approximate surface area is 86.3 Å². The standard InChI is InChI=1S/C8H9IO2P/c1-2-11-12(10)8-5-3-7(9)4-6-8/h3-6H,2H2,1H3/q+1. The van der Waals surface area contributed by atoms with Crippen LogP contribution in [-0.2, 0) is 9.09 Å². The summed E-state index contributed by atoms with van der Waals surface area (Å²) in [6.45, 7) is 2.32. The molecule has 1 unspecified atom stereocenters. The first-order valence-corrected chi connectivity index (χ1v) is 5.85. The predicted molar refractivity (Wildman–Crippen MR) is 58.0 cm³/mol. The Bertz CT molecular complexity index is 271. The summed E-state index contributed by atoms with van der Waals surface area (Å²) in [6, 6.07) is 7.50. The quantitative estimate of drug-likeness (QED) is 0.633. The minimum Gasteiger partial charge on any atom is -0.142 e. The van der Waals surface area contributed by atoms with E-state index in [4.69, 9.17) is 4.52 Å². The monoisotopic (exact) mass is 295 g/mol. The van der Waals surface area contributed by atoms with Gasteiger partial charge in [0.1, 0.15) is 6.61 Å². The Balaban J connectivity index is 2.75. The van der Waals surface area contributed by atoms with Gasteiger partial charge < -0.3 is 0 Å². The van der Waals surface area contributed by atoms with E-state index in [-0.39, 0.29) is 0 Å². The molecule has 0 heterocycles. The van der Waals surface area contributed by atoms with E-state index in [1.807, 2.05) is 31.2 Å². The summed E-state index contributed by atoms with van der Waals surface area (Å²) in [7, 11) is -1.64. The highest BCUT2D eigenvalue weighted by Crippen LogP contribution is 2.20. The first-order chi connectivity index (χ1) is 5.74. The third kappa shape index (κ3) is 2.81. The molecule has 0 spiro atoms. The molecule has 1 atom stereocenters. The number of rotatable bonds is 3. The average molecular weight is 295 g/mol. The molecule has 0 saturated heterocycles. The van der Waals surface area contributed by atoms with Gasteiger partial charge in [-0.15, -0.1) is 4.52 Å². The second-order valence-electron chi connectivity index (χ2n) is 2.15. The zero-order chi connectivity index (χ0) is 8.97. The molecule has 0 amide bonds. The lowest BCUT2D eigenvalue weighted by atomic mass is 10.4. The van der Waals surface area contributed by atoms with E-state index < -0.39 is 8.03 Å². The highest BCUT2D eigenvalue weighted by Gasteiger charge is 2.19. The first-order valence-electron chi connectivity index (χ1n) is 3.59. The maximum atomic E-state index is 11.3. The van der Waals surface area contributed by atoms with Crippen LogP contribution in [0.4, 0.5) is 0 Å². The Hall–Kier alpha value is 0.01000. The number of benzene rings is 1. The lowest BCUT2D eigenvalue weighted by Gasteiger charge is -1.87. The van der Waals surface area contributed by atoms with Gasteiger partial charge in [0, 0.05) is 3.57 Å². The Morgan fingerprint density at radius 2 is 2.00 bits per heavy atom. The molecule has 0 bridgehead atoms. The van der Waals surface area contributed by atoms with Gasteiger partial charge >= 0.3 is 8.03 Å². The highest BCUT2D eigenvalue weighted by molar-refractivity contribution is 14.1. The van der Waals surface area contributed by atoms with Gasteiger partial charge in [0.15, 0.2) is 0 Å². The summed E-state index contributed by atoms with van der Waals surface area (Å²) < 4.78 is 17.4. The molecule has 0 fully saturated rings. The smallest absolute Gasteiger partial charge is 0.142 e. The molecule has 4 heteroatoms. The van der Waals surface area contributed by atoms with Crippen molar-refractivity contribution >= 4 is 35.9 Å². The zero-order valence-electron chi connectivity index (χ0n) is 6.66. The maximum absolute atomic E-state index is 11.3. The highest BCUT2D eigenvalue weighted by atomic mass is 127. The molecule has 0 aliphatic rings. The van der Waals surface area contributed by atoms with Crippen molar-refractivity contribution in [2.24, 2.45) is 0 Å². The molecule has 12 heavy (non-hydrogen) atoms. The van der Waals surface area contributed by atoms with Gasteiger partial charge in [-0.25, -0.2) is 0 Å². The van der Waals surface area contributed by atoms with Gasteiger partial charge in [-0.05, 0) is 58.3 Å². The zero-order valence-corrected chi connectivity index (χ0v) is 9.71. The van der Waals surface area contributed by atoms with Crippen molar-refractivity contribution in [3.63, 3.8) is 0 Å². The van der Waals surface area contributed by atoms with E-state index >= 15 is 0 Å². The van der Waals surface area contributed by atoms with Crippen LogP contribution < -0.4 is 5.30 Å². The van der Waals surface area contributed by atoms with Crippen molar-refractivity contribution in [3.8, 4) is 0 Å². The summed E-state index contributed by atoms with van der Waals surface area (Å²) in [5.74, 6) is 0. The van der Waals surface area contributed by atoms with E-state index in [1.165, 1.54) is 0 Å². The van der Waals surface area contributed by atoms with E-state index in [0.29, 0.717) is 6.61 Å². The molecular formula is C8H9IO2P+. The molecule has 64 valence electrons. The van der Waals surface area contributed by atoms with Crippen LogP contribution in [0.25, 0.3) is 0 Å². The SMILES string of the molecule is CCO[P+](=O)c1ccc(I)cc1. The summed E-state index contributed by atoms with van der Waals surface area (Å²) >= 11 is 2.21. The topological polar surface area (TPSA) is 26.3 Å². The molecular weight excluding hydrogens is 286 g/mol. The van der Waals surface area contributed by atoms with Gasteiger partial charge in [0.05, 0.1) is 0 Å². The molecule has 0 aromatic heterocycles. The predicted octanol–water partition coefficient (Wildman–Crippen LogP) is 2.70. The van der Waals surface area contributed by atoms with Crippen LogP contribution in [0.1, 0.15) is 6.92 Å². The van der Waals surface area contributed by atoms with Crippen LogP contribution in [0, 0.1) is 3.57 Å². The fourth-order valence-corrected chi connectivity index (χ4v) is 1.89. The molecule has 2 nitrogen and oxygen atoms in total. The van der Waals surface area contributed by atoms with Crippen LogP contribution in [0.15, 0.2) is 24.3 Å². The lowest BCUT2D eigenvalue weighted by molar-refractivity contribution is 0.357. The summed E-state index contributed by atoms with van der Waals surface area (Å²) in [6.07, 6.45) is 0. The summed E-state index contributed by atoms with van der Waals surface area (Å²) in [5, 5.41) is 0.757. The van der Waals surface area contributed by atoms with Crippen LogP contribution in [-0.4, -0.2) is 6.61 Å². The first kappa shape index (κ1) is 10.1. The summed E-state index contributed by atoms with van der Waals surface area (Å²) in [5.41, 5.74) is 0. The van der Waals surface area contributed by atoms with E-state index in [2.05, 4.69) is 22.6 Å². The number of halogens is 1. The van der Waals surface area contributed by atoms with Gasteiger partial charge in [-0.2, -0.15) is 0 Å². The second-order valence-corrected chi connectivity index (χ2v) is 4.69. The maximum Gasteiger partial charge on any atom is 0.548 e. The van der Waals surface area contributed by atoms with Gasteiger partial charge in [-0.1, -0.05) is 0 Å². The number of hydrogen-bond acceptors (Lipinski definition) is 2. The number of hydrogen-bond donors (Lipinski definition) is 0. The average Bonchev–Trinajstić information content (AvgIpc) is 2.06. The van der Waals surface area contributed by atoms with Crippen molar-refractivity contribution < 1.29 is 9.09 Å². The normalized spacial score (nSPS) is 11.3. The van der Waals surface area contributed by atoms with Crippen molar-refractivity contribution in [2.45, 2.75) is 6.92 Å². The molecule has 0 aliphatic carbocycles. The van der Waals surface area contributed by atoms with Crippen LogP contribution in [0.3, 0.4) is 0 Å². The summed E-state index contributed by atoms with van der Waals surface area (Å²) in [4.78, 5) is 0. The Kier molecular flexibility index (Phi) is 4.12. The van der Waals surface area contributed by atoms with Crippen LogP contribution in [0.2, 0.25) is 0 Å². The Morgan fingerprint density at radius 3 is 2.50 bits per heavy atom. The molecule has 1 aromatic carbocycles. The van der Waals surface area contributed by atoms with Crippen molar-refractivity contribution in [3.05, 3.63) is 27.8 Å². The van der Waals surface area contributed by atoms with Crippen molar-refractivity contribution in [2.75, 3.05) is 6.61 Å². The Morgan fingerprint density at radius 1 is 1.42 bits per heavy atom. The molecule has 1 aromatic rings. The van der Waals surface area contributed by atoms with Crippen molar-refractivity contribution in [1.29, 1.82) is 0 Å². The third-order valence-electron chi connectivity index (χ3n) is 1.28. The van der Waals surface area contributed by atoms with Gasteiger partial charge in [0.2, 0.25) is 5.30 Å². The van der Waals surface area contributed by atoms with E-state index in [9.17, 15) is 4.57 Å². The molecule has 1 rings (SSSR count). The molecule has 0 saturated carbocycles. The molecule has 0 N–H and O–H groups in total. The van der Waals surface area contributed by atoms with E-state index in [1.54, 1.807) is 0 Å². The fourth-order valence-electron chi connectivity index (χ4n) is 0.755. The molecule has 0 aliphatic heterocycles. The molecule has 0 radical (unpaired) electrons. The van der Waals surface area contributed by atoms with Crippen LogP contribution in [0.5, 0.6) is 0 Å². The third-order valence-corrected chi connectivity index (χ3v) is 3.22. The van der Waals surface area contributed by atoms with E-state index in [0.717, 1.165) is 8.87 Å². The van der Waals surface area contributed by atoms with Gasteiger partial charge in [-0.3, -0.25) is 0 Å². The van der Waals surface area contributed by atoms with Crippen molar-refractivity contribution in [1.82, 2.24) is 0 Å². The van der Waals surface area contributed by atoms with Crippen LogP contribution >= 0.6 is 30.6 Å².